The number of halogens is 2. The number of aromatic nitrogens is 1. The molecule has 1 amide bonds. The zero-order valence-electron chi connectivity index (χ0n) is 7.96. The van der Waals surface area contributed by atoms with Gasteiger partial charge in [-0.3, -0.25) is 4.79 Å². The Balaban J connectivity index is 2.13. The van der Waals surface area contributed by atoms with Crippen LogP contribution in [-0.2, 0) is 11.2 Å². The van der Waals surface area contributed by atoms with Gasteiger partial charge in [0.2, 0.25) is 17.8 Å². The van der Waals surface area contributed by atoms with E-state index >= 15 is 0 Å². The van der Waals surface area contributed by atoms with E-state index in [1.807, 2.05) is 0 Å². The average molecular weight is 212 g/mol. The van der Waals surface area contributed by atoms with Crippen molar-refractivity contribution in [3.05, 3.63) is 29.6 Å². The number of pyridine rings is 1. The van der Waals surface area contributed by atoms with E-state index in [1.54, 1.807) is 0 Å². The highest BCUT2D eigenvalue weighted by atomic mass is 19.1. The first-order chi connectivity index (χ1) is 7.16. The van der Waals surface area contributed by atoms with Gasteiger partial charge in [-0.1, -0.05) is 0 Å². The summed E-state index contributed by atoms with van der Waals surface area (Å²) in [6.07, 6.45) is 0.973. The van der Waals surface area contributed by atoms with Crippen molar-refractivity contribution in [2.24, 2.45) is 5.92 Å². The molecule has 1 fully saturated rings. The summed E-state index contributed by atoms with van der Waals surface area (Å²) in [5.41, 5.74) is 0.290. The van der Waals surface area contributed by atoms with Gasteiger partial charge in [0.1, 0.15) is 0 Å². The first-order valence-corrected chi connectivity index (χ1v) is 4.75. The molecule has 0 aliphatic carbocycles. The number of amides is 1. The van der Waals surface area contributed by atoms with Crippen LogP contribution in [-0.4, -0.2) is 17.4 Å². The fourth-order valence-corrected chi connectivity index (χ4v) is 1.70. The van der Waals surface area contributed by atoms with Crippen LogP contribution in [0.1, 0.15) is 12.0 Å². The zero-order valence-corrected chi connectivity index (χ0v) is 7.96. The summed E-state index contributed by atoms with van der Waals surface area (Å²) in [6, 6.07) is 2.44. The van der Waals surface area contributed by atoms with Crippen LogP contribution < -0.4 is 5.32 Å². The van der Waals surface area contributed by atoms with Crippen LogP contribution >= 0.6 is 0 Å². The number of nitrogens with zero attached hydrogens (tertiary/aromatic N) is 1. The predicted molar refractivity (Wildman–Crippen MR) is 49.0 cm³/mol. The van der Waals surface area contributed by atoms with E-state index in [2.05, 4.69) is 10.3 Å². The molecule has 15 heavy (non-hydrogen) atoms. The summed E-state index contributed by atoms with van der Waals surface area (Å²) in [6.45, 7) is 0.625. The summed E-state index contributed by atoms with van der Waals surface area (Å²) in [4.78, 5) is 14.3. The molecule has 0 bridgehead atoms. The van der Waals surface area contributed by atoms with Crippen LogP contribution in [0.25, 0.3) is 0 Å². The maximum Gasteiger partial charge on any atom is 0.223 e. The standard InChI is InChI=1S/C10H10F2N2O/c11-8-2-1-6(9(12)14-8)5-7-3-4-13-10(7)15/h1-2,7H,3-5H2,(H,13,15). The molecule has 0 aromatic carbocycles. The van der Waals surface area contributed by atoms with Gasteiger partial charge in [-0.2, -0.15) is 13.8 Å². The molecule has 5 heteroatoms. The monoisotopic (exact) mass is 212 g/mol. The Kier molecular flexibility index (Phi) is 2.62. The highest BCUT2D eigenvalue weighted by molar-refractivity contribution is 5.80. The molecule has 1 N–H and O–H groups in total. The lowest BCUT2D eigenvalue weighted by Gasteiger charge is -2.06. The van der Waals surface area contributed by atoms with Gasteiger partial charge in [0.25, 0.3) is 0 Å². The van der Waals surface area contributed by atoms with Crippen molar-refractivity contribution >= 4 is 5.91 Å². The van der Waals surface area contributed by atoms with Gasteiger partial charge in [0, 0.05) is 18.0 Å². The fourth-order valence-electron chi connectivity index (χ4n) is 1.70. The van der Waals surface area contributed by atoms with Gasteiger partial charge in [0.05, 0.1) is 0 Å². The molecule has 0 saturated carbocycles. The number of rotatable bonds is 2. The number of carbonyl (C=O) groups excluding carboxylic acids is 1. The second-order valence-corrected chi connectivity index (χ2v) is 3.56. The Bertz CT molecular complexity index is 395. The van der Waals surface area contributed by atoms with Crippen molar-refractivity contribution in [3.63, 3.8) is 0 Å². The SMILES string of the molecule is O=C1NCCC1Cc1ccc(F)nc1F. The molecule has 2 heterocycles. The normalized spacial score (nSPS) is 20.4. The third kappa shape index (κ3) is 2.11. The van der Waals surface area contributed by atoms with Crippen molar-refractivity contribution in [2.45, 2.75) is 12.8 Å². The lowest BCUT2D eigenvalue weighted by molar-refractivity contribution is -0.122. The van der Waals surface area contributed by atoms with E-state index in [4.69, 9.17) is 0 Å². The second-order valence-electron chi connectivity index (χ2n) is 3.56. The molecule has 3 nitrogen and oxygen atoms in total. The summed E-state index contributed by atoms with van der Waals surface area (Å²) >= 11 is 0. The second kappa shape index (κ2) is 3.92. The van der Waals surface area contributed by atoms with Crippen molar-refractivity contribution in [1.29, 1.82) is 0 Å². The lowest BCUT2D eigenvalue weighted by Crippen LogP contribution is -2.20. The van der Waals surface area contributed by atoms with E-state index in [-0.39, 0.29) is 18.2 Å². The Morgan fingerprint density at radius 3 is 2.87 bits per heavy atom. The largest absolute Gasteiger partial charge is 0.356 e. The maximum absolute atomic E-state index is 13.1. The molecule has 2 rings (SSSR count). The minimum absolute atomic E-state index is 0.0706. The van der Waals surface area contributed by atoms with E-state index in [1.165, 1.54) is 6.07 Å². The molecule has 0 radical (unpaired) electrons. The van der Waals surface area contributed by atoms with Gasteiger partial charge < -0.3 is 5.32 Å². The molecule has 1 atom stereocenters. The molecule has 1 aliphatic rings. The van der Waals surface area contributed by atoms with E-state index < -0.39 is 11.9 Å². The summed E-state index contributed by atoms with van der Waals surface area (Å²) in [5, 5.41) is 2.66. The lowest BCUT2D eigenvalue weighted by atomic mass is 9.99. The third-order valence-corrected chi connectivity index (χ3v) is 2.52. The van der Waals surface area contributed by atoms with Crippen LogP contribution in [0.2, 0.25) is 0 Å². The number of nitrogens with one attached hydrogen (secondary N) is 1. The molecule has 1 unspecified atom stereocenters. The fraction of sp³-hybridized carbons (Fsp3) is 0.400. The van der Waals surface area contributed by atoms with Crippen molar-refractivity contribution in [3.8, 4) is 0 Å². The van der Waals surface area contributed by atoms with Gasteiger partial charge in [-0.15, -0.1) is 0 Å². The predicted octanol–water partition coefficient (Wildman–Crippen LogP) is 1.04. The van der Waals surface area contributed by atoms with Gasteiger partial charge >= 0.3 is 0 Å². The van der Waals surface area contributed by atoms with Crippen LogP contribution in [0, 0.1) is 17.8 Å². The molecule has 80 valence electrons. The Morgan fingerprint density at radius 1 is 1.47 bits per heavy atom. The third-order valence-electron chi connectivity index (χ3n) is 2.52. The smallest absolute Gasteiger partial charge is 0.223 e. The maximum atomic E-state index is 13.1. The molecular formula is C10H10F2N2O. The van der Waals surface area contributed by atoms with Crippen molar-refractivity contribution in [2.75, 3.05) is 6.54 Å². The Labute approximate surface area is 85.5 Å². The molecule has 1 aromatic heterocycles. The summed E-state index contributed by atoms with van der Waals surface area (Å²) in [7, 11) is 0. The van der Waals surface area contributed by atoms with Gasteiger partial charge in [-0.05, 0) is 25.0 Å². The molecule has 1 saturated heterocycles. The average Bonchev–Trinajstić information content (AvgIpc) is 2.57. The quantitative estimate of drug-likeness (QED) is 0.744. The van der Waals surface area contributed by atoms with Crippen LogP contribution in [0.5, 0.6) is 0 Å². The Hall–Kier alpha value is -1.52. The first kappa shape index (κ1) is 10.0. The molecule has 1 aromatic rings. The van der Waals surface area contributed by atoms with Crippen LogP contribution in [0.4, 0.5) is 8.78 Å². The van der Waals surface area contributed by atoms with Crippen LogP contribution in [0.15, 0.2) is 12.1 Å². The van der Waals surface area contributed by atoms with Crippen molar-refractivity contribution < 1.29 is 13.6 Å². The molecule has 0 spiro atoms. The number of hydrogen-bond acceptors (Lipinski definition) is 2. The first-order valence-electron chi connectivity index (χ1n) is 4.75. The van der Waals surface area contributed by atoms with Gasteiger partial charge in [-0.25, -0.2) is 0 Å². The topological polar surface area (TPSA) is 42.0 Å². The molecule has 1 aliphatic heterocycles. The van der Waals surface area contributed by atoms with E-state index in [0.29, 0.717) is 18.5 Å². The number of hydrogen-bond donors (Lipinski definition) is 1. The van der Waals surface area contributed by atoms with Gasteiger partial charge in [0.15, 0.2) is 0 Å². The zero-order chi connectivity index (χ0) is 10.8. The van der Waals surface area contributed by atoms with Crippen molar-refractivity contribution in [1.82, 2.24) is 10.3 Å². The minimum Gasteiger partial charge on any atom is -0.356 e. The number of carbonyl (C=O) groups is 1. The van der Waals surface area contributed by atoms with Crippen LogP contribution in [0.3, 0.4) is 0 Å². The highest BCUT2D eigenvalue weighted by Crippen LogP contribution is 2.17. The summed E-state index contributed by atoms with van der Waals surface area (Å²) in [5.74, 6) is -1.95. The highest BCUT2D eigenvalue weighted by Gasteiger charge is 2.25. The van der Waals surface area contributed by atoms with E-state index in [9.17, 15) is 13.6 Å². The summed E-state index contributed by atoms with van der Waals surface area (Å²) < 4.78 is 25.7. The Morgan fingerprint density at radius 2 is 2.27 bits per heavy atom. The van der Waals surface area contributed by atoms with E-state index in [0.717, 1.165) is 6.07 Å². The minimum atomic E-state index is -0.841. The molecular weight excluding hydrogens is 202 g/mol.